The van der Waals surface area contributed by atoms with Gasteiger partial charge in [0.2, 0.25) is 5.91 Å². The average Bonchev–Trinajstić information content (AvgIpc) is 3.10. The van der Waals surface area contributed by atoms with E-state index < -0.39 is 0 Å². The summed E-state index contributed by atoms with van der Waals surface area (Å²) in [5.74, 6) is 1.39. The highest BCUT2D eigenvalue weighted by Gasteiger charge is 2.33. The molecule has 1 fully saturated rings. The van der Waals surface area contributed by atoms with Gasteiger partial charge in [-0.1, -0.05) is 54.1 Å². The van der Waals surface area contributed by atoms with Gasteiger partial charge in [-0.05, 0) is 47.5 Å². The molecule has 136 valence electrons. The first-order valence-corrected chi connectivity index (χ1v) is 10.1. The molecule has 0 saturated carbocycles. The largest absolute Gasteiger partial charge is 0.489 e. The number of ether oxygens (including phenoxy) is 1. The van der Waals surface area contributed by atoms with Crippen molar-refractivity contribution >= 4 is 35.0 Å². The summed E-state index contributed by atoms with van der Waals surface area (Å²) in [6.07, 6.45) is 0. The van der Waals surface area contributed by atoms with Crippen molar-refractivity contribution in [2.45, 2.75) is 12.0 Å². The third-order valence-electron chi connectivity index (χ3n) is 4.39. The Morgan fingerprint density at radius 2 is 1.67 bits per heavy atom. The summed E-state index contributed by atoms with van der Waals surface area (Å²) in [7, 11) is 0. The SMILES string of the molecule is O=C1CS[C@H](c2ccc(OCc3ccccc3)cc2)N1c1ccc(Cl)cc1. The minimum absolute atomic E-state index is 0.0400. The lowest BCUT2D eigenvalue weighted by Crippen LogP contribution is -2.27. The van der Waals surface area contributed by atoms with Gasteiger partial charge < -0.3 is 4.74 Å². The molecule has 1 saturated heterocycles. The summed E-state index contributed by atoms with van der Waals surface area (Å²) in [6, 6.07) is 25.4. The quantitative estimate of drug-likeness (QED) is 0.555. The molecule has 1 aliphatic heterocycles. The Morgan fingerprint density at radius 3 is 2.37 bits per heavy atom. The van der Waals surface area contributed by atoms with Crippen molar-refractivity contribution in [3.8, 4) is 5.75 Å². The fourth-order valence-electron chi connectivity index (χ4n) is 3.02. The molecule has 0 aromatic heterocycles. The molecule has 0 spiro atoms. The number of thioether (sulfide) groups is 1. The molecule has 0 N–H and O–H groups in total. The zero-order valence-electron chi connectivity index (χ0n) is 14.5. The minimum Gasteiger partial charge on any atom is -0.489 e. The molecule has 4 rings (SSSR count). The Hall–Kier alpha value is -2.43. The van der Waals surface area contributed by atoms with E-state index in [0.717, 1.165) is 22.6 Å². The fourth-order valence-corrected chi connectivity index (χ4v) is 4.32. The van der Waals surface area contributed by atoms with Crippen LogP contribution in [0.15, 0.2) is 78.9 Å². The van der Waals surface area contributed by atoms with E-state index in [4.69, 9.17) is 16.3 Å². The van der Waals surface area contributed by atoms with Crippen LogP contribution in [-0.2, 0) is 11.4 Å². The Kier molecular flexibility index (Phi) is 5.37. The van der Waals surface area contributed by atoms with E-state index in [0.29, 0.717) is 17.4 Å². The molecule has 0 unspecified atom stereocenters. The molecular weight excluding hydrogens is 378 g/mol. The molecule has 27 heavy (non-hydrogen) atoms. The van der Waals surface area contributed by atoms with Crippen LogP contribution in [0.3, 0.4) is 0 Å². The standard InChI is InChI=1S/C22H18ClNO2S/c23-18-8-10-19(11-9-18)24-21(25)15-27-22(24)17-6-12-20(13-7-17)26-14-16-4-2-1-3-5-16/h1-13,22H,14-15H2/t22-/m1/s1. The molecule has 1 heterocycles. The molecule has 3 nitrogen and oxygen atoms in total. The second-order valence-electron chi connectivity index (χ2n) is 6.25. The highest BCUT2D eigenvalue weighted by Crippen LogP contribution is 2.42. The van der Waals surface area contributed by atoms with E-state index in [-0.39, 0.29) is 11.3 Å². The molecule has 0 bridgehead atoms. The third-order valence-corrected chi connectivity index (χ3v) is 5.85. The van der Waals surface area contributed by atoms with E-state index in [1.807, 2.05) is 83.8 Å². The molecule has 5 heteroatoms. The topological polar surface area (TPSA) is 29.5 Å². The molecule has 1 amide bonds. The first-order valence-electron chi connectivity index (χ1n) is 8.66. The van der Waals surface area contributed by atoms with Gasteiger partial charge in [0.15, 0.2) is 0 Å². The van der Waals surface area contributed by atoms with Gasteiger partial charge in [0, 0.05) is 10.7 Å². The average molecular weight is 396 g/mol. The predicted molar refractivity (Wildman–Crippen MR) is 111 cm³/mol. The number of carbonyl (C=O) groups is 1. The van der Waals surface area contributed by atoms with E-state index in [9.17, 15) is 4.79 Å². The summed E-state index contributed by atoms with van der Waals surface area (Å²) in [6.45, 7) is 0.535. The summed E-state index contributed by atoms with van der Waals surface area (Å²) >= 11 is 7.61. The maximum Gasteiger partial charge on any atom is 0.238 e. The highest BCUT2D eigenvalue weighted by molar-refractivity contribution is 8.00. The Bertz CT molecular complexity index is 913. The first-order chi connectivity index (χ1) is 13.2. The van der Waals surface area contributed by atoms with Crippen LogP contribution in [-0.4, -0.2) is 11.7 Å². The number of rotatable bonds is 5. The van der Waals surface area contributed by atoms with Gasteiger partial charge in [-0.25, -0.2) is 0 Å². The van der Waals surface area contributed by atoms with Gasteiger partial charge in [0.1, 0.15) is 17.7 Å². The third kappa shape index (κ3) is 4.12. The Morgan fingerprint density at radius 1 is 0.963 bits per heavy atom. The number of carbonyl (C=O) groups excluding carboxylic acids is 1. The maximum atomic E-state index is 12.4. The second-order valence-corrected chi connectivity index (χ2v) is 7.75. The summed E-state index contributed by atoms with van der Waals surface area (Å²) in [4.78, 5) is 14.3. The number of anilines is 1. The molecule has 0 radical (unpaired) electrons. The molecule has 1 aliphatic rings. The van der Waals surface area contributed by atoms with Gasteiger partial charge in [-0.2, -0.15) is 0 Å². The smallest absolute Gasteiger partial charge is 0.238 e. The van der Waals surface area contributed by atoms with Crippen molar-refractivity contribution in [3.63, 3.8) is 0 Å². The predicted octanol–water partition coefficient (Wildman–Crippen LogP) is 5.70. The lowest BCUT2D eigenvalue weighted by atomic mass is 10.1. The van der Waals surface area contributed by atoms with Crippen molar-refractivity contribution in [2.24, 2.45) is 0 Å². The fraction of sp³-hybridized carbons (Fsp3) is 0.136. The van der Waals surface area contributed by atoms with Crippen LogP contribution in [0.4, 0.5) is 5.69 Å². The number of nitrogens with zero attached hydrogens (tertiary/aromatic N) is 1. The Balaban J connectivity index is 1.49. The maximum absolute atomic E-state index is 12.4. The number of benzene rings is 3. The molecular formula is C22H18ClNO2S. The minimum atomic E-state index is -0.0400. The van der Waals surface area contributed by atoms with Crippen molar-refractivity contribution in [1.29, 1.82) is 0 Å². The highest BCUT2D eigenvalue weighted by atomic mass is 35.5. The van der Waals surface area contributed by atoms with Crippen LogP contribution < -0.4 is 9.64 Å². The Labute approximate surface area is 167 Å². The number of amides is 1. The lowest BCUT2D eigenvalue weighted by molar-refractivity contribution is -0.115. The van der Waals surface area contributed by atoms with Gasteiger partial charge in [0.05, 0.1) is 5.75 Å². The van der Waals surface area contributed by atoms with Gasteiger partial charge >= 0.3 is 0 Å². The number of hydrogen-bond donors (Lipinski definition) is 0. The van der Waals surface area contributed by atoms with Crippen LogP contribution in [0.5, 0.6) is 5.75 Å². The van der Waals surface area contributed by atoms with Crippen LogP contribution in [0.1, 0.15) is 16.5 Å². The van der Waals surface area contributed by atoms with E-state index >= 15 is 0 Å². The first kappa shape index (κ1) is 18.0. The zero-order valence-corrected chi connectivity index (χ0v) is 16.1. The summed E-state index contributed by atoms with van der Waals surface area (Å²) in [5, 5.41) is 0.622. The zero-order chi connectivity index (χ0) is 18.6. The number of hydrogen-bond acceptors (Lipinski definition) is 3. The van der Waals surface area contributed by atoms with Crippen molar-refractivity contribution in [2.75, 3.05) is 10.7 Å². The van der Waals surface area contributed by atoms with Gasteiger partial charge in [-0.15, -0.1) is 11.8 Å². The van der Waals surface area contributed by atoms with Crippen molar-refractivity contribution in [1.82, 2.24) is 0 Å². The lowest BCUT2D eigenvalue weighted by Gasteiger charge is -2.24. The van der Waals surface area contributed by atoms with Gasteiger partial charge in [-0.3, -0.25) is 9.69 Å². The molecule has 3 aromatic carbocycles. The van der Waals surface area contributed by atoms with Crippen LogP contribution in [0.2, 0.25) is 5.02 Å². The van der Waals surface area contributed by atoms with E-state index in [2.05, 4.69) is 0 Å². The molecule has 1 atom stereocenters. The van der Waals surface area contributed by atoms with Crippen molar-refractivity contribution in [3.05, 3.63) is 95.0 Å². The molecule has 0 aliphatic carbocycles. The van der Waals surface area contributed by atoms with Crippen LogP contribution in [0.25, 0.3) is 0 Å². The van der Waals surface area contributed by atoms with Crippen LogP contribution >= 0.6 is 23.4 Å². The number of halogens is 1. The van der Waals surface area contributed by atoms with E-state index in [1.54, 1.807) is 11.8 Å². The van der Waals surface area contributed by atoms with Crippen molar-refractivity contribution < 1.29 is 9.53 Å². The summed E-state index contributed by atoms with van der Waals surface area (Å²) < 4.78 is 5.85. The van der Waals surface area contributed by atoms with Gasteiger partial charge in [0.25, 0.3) is 0 Å². The molecule has 3 aromatic rings. The van der Waals surface area contributed by atoms with Crippen LogP contribution in [0, 0.1) is 0 Å². The second kappa shape index (κ2) is 8.07. The monoisotopic (exact) mass is 395 g/mol. The van der Waals surface area contributed by atoms with E-state index in [1.165, 1.54) is 0 Å². The summed E-state index contributed by atoms with van der Waals surface area (Å²) in [5.41, 5.74) is 3.07. The normalized spacial score (nSPS) is 16.6.